The van der Waals surface area contributed by atoms with Gasteiger partial charge >= 0.3 is 0 Å². The summed E-state index contributed by atoms with van der Waals surface area (Å²) in [7, 11) is 0. The van der Waals surface area contributed by atoms with E-state index in [4.69, 9.17) is 4.42 Å². The highest BCUT2D eigenvalue weighted by Gasteiger charge is 2.14. The Morgan fingerprint density at radius 3 is 2.48 bits per heavy atom. The van der Waals surface area contributed by atoms with Crippen LogP contribution in [0.2, 0.25) is 0 Å². The molecule has 2 amide bonds. The molecule has 0 atom stereocenters. The summed E-state index contributed by atoms with van der Waals surface area (Å²) >= 11 is 0. The lowest BCUT2D eigenvalue weighted by atomic mass is 10.1. The second kappa shape index (κ2) is 7.63. The summed E-state index contributed by atoms with van der Waals surface area (Å²) in [6, 6.07) is 8.67. The fourth-order valence-corrected chi connectivity index (χ4v) is 2.25. The Hall–Kier alpha value is -2.56. The number of hydrogen-bond donors (Lipinski definition) is 2. The van der Waals surface area contributed by atoms with Crippen LogP contribution in [0.1, 0.15) is 53.2 Å². The zero-order chi connectivity index (χ0) is 16.8. The average Bonchev–Trinajstić information content (AvgIpc) is 3.09. The summed E-state index contributed by atoms with van der Waals surface area (Å²) in [6.45, 7) is 5.96. The molecule has 0 unspecified atom stereocenters. The molecule has 2 N–H and O–H groups in total. The van der Waals surface area contributed by atoms with E-state index in [1.807, 2.05) is 26.8 Å². The normalized spacial score (nSPS) is 10.6. The smallest absolute Gasteiger partial charge is 0.291 e. The summed E-state index contributed by atoms with van der Waals surface area (Å²) in [5.41, 5.74) is 2.00. The monoisotopic (exact) mass is 314 g/mol. The standard InChI is InChI=1S/C18H22N2O3/c1-4-14(5-2)19-17(21)13-9-8-12(3)15(11-13)20-18(22)16-7-6-10-23-16/h6-11,14H,4-5H2,1-3H3,(H,19,21)(H,20,22). The van der Waals surface area contributed by atoms with Crippen molar-refractivity contribution >= 4 is 17.5 Å². The molecule has 1 aromatic carbocycles. The van der Waals surface area contributed by atoms with E-state index in [1.165, 1.54) is 6.26 Å². The molecular weight excluding hydrogens is 292 g/mol. The van der Waals surface area contributed by atoms with Crippen LogP contribution in [0.4, 0.5) is 5.69 Å². The molecule has 0 saturated carbocycles. The largest absolute Gasteiger partial charge is 0.459 e. The molecule has 5 heteroatoms. The van der Waals surface area contributed by atoms with Crippen molar-refractivity contribution in [2.24, 2.45) is 0 Å². The molecule has 0 fully saturated rings. The molecule has 2 aromatic rings. The number of aryl methyl sites for hydroxylation is 1. The number of amides is 2. The maximum atomic E-state index is 12.3. The molecule has 1 aromatic heterocycles. The Kier molecular flexibility index (Phi) is 5.57. The van der Waals surface area contributed by atoms with Crippen molar-refractivity contribution in [3.8, 4) is 0 Å². The van der Waals surface area contributed by atoms with Gasteiger partial charge in [0.1, 0.15) is 0 Å². The second-order valence-corrected chi connectivity index (χ2v) is 5.45. The predicted molar refractivity (Wildman–Crippen MR) is 89.7 cm³/mol. The van der Waals surface area contributed by atoms with Crippen LogP contribution in [0, 0.1) is 6.92 Å². The number of carbonyl (C=O) groups excluding carboxylic acids is 2. The van der Waals surface area contributed by atoms with Gasteiger partial charge in [0.05, 0.1) is 6.26 Å². The average molecular weight is 314 g/mol. The Labute approximate surface area is 136 Å². The first-order valence-corrected chi connectivity index (χ1v) is 7.81. The number of anilines is 1. The lowest BCUT2D eigenvalue weighted by Gasteiger charge is -2.15. The number of rotatable bonds is 6. The van der Waals surface area contributed by atoms with Gasteiger partial charge in [0.25, 0.3) is 11.8 Å². The van der Waals surface area contributed by atoms with E-state index < -0.39 is 0 Å². The van der Waals surface area contributed by atoms with Crippen LogP contribution < -0.4 is 10.6 Å². The molecule has 0 aliphatic heterocycles. The molecular formula is C18H22N2O3. The Bertz CT molecular complexity index is 674. The number of carbonyl (C=O) groups is 2. The van der Waals surface area contributed by atoms with Crippen LogP contribution in [0.15, 0.2) is 41.0 Å². The third kappa shape index (κ3) is 4.22. The Balaban J connectivity index is 2.15. The van der Waals surface area contributed by atoms with Crippen molar-refractivity contribution in [3.05, 3.63) is 53.5 Å². The summed E-state index contributed by atoms with van der Waals surface area (Å²) in [5, 5.41) is 5.77. The molecule has 122 valence electrons. The lowest BCUT2D eigenvalue weighted by molar-refractivity contribution is 0.0933. The fourth-order valence-electron chi connectivity index (χ4n) is 2.25. The molecule has 2 rings (SSSR count). The summed E-state index contributed by atoms with van der Waals surface area (Å²) in [4.78, 5) is 24.4. The van der Waals surface area contributed by atoms with E-state index in [2.05, 4.69) is 10.6 Å². The first-order chi connectivity index (χ1) is 11.0. The molecule has 0 spiro atoms. The molecule has 0 aliphatic carbocycles. The Morgan fingerprint density at radius 1 is 1.13 bits per heavy atom. The quantitative estimate of drug-likeness (QED) is 0.853. The van der Waals surface area contributed by atoms with Gasteiger partial charge in [-0.2, -0.15) is 0 Å². The van der Waals surface area contributed by atoms with Gasteiger partial charge < -0.3 is 15.1 Å². The van der Waals surface area contributed by atoms with Crippen LogP contribution in [0.3, 0.4) is 0 Å². The highest BCUT2D eigenvalue weighted by atomic mass is 16.3. The topological polar surface area (TPSA) is 71.3 Å². The third-order valence-corrected chi connectivity index (χ3v) is 3.81. The van der Waals surface area contributed by atoms with E-state index in [0.717, 1.165) is 18.4 Å². The Morgan fingerprint density at radius 2 is 1.87 bits per heavy atom. The number of nitrogens with one attached hydrogen (secondary N) is 2. The molecule has 23 heavy (non-hydrogen) atoms. The third-order valence-electron chi connectivity index (χ3n) is 3.81. The van der Waals surface area contributed by atoms with Crippen molar-refractivity contribution in [1.82, 2.24) is 5.32 Å². The van der Waals surface area contributed by atoms with Gasteiger partial charge in [-0.15, -0.1) is 0 Å². The van der Waals surface area contributed by atoms with E-state index in [0.29, 0.717) is 11.3 Å². The van der Waals surface area contributed by atoms with Crippen molar-refractivity contribution in [3.63, 3.8) is 0 Å². The molecule has 5 nitrogen and oxygen atoms in total. The van der Waals surface area contributed by atoms with Gasteiger partial charge in [-0.1, -0.05) is 19.9 Å². The van der Waals surface area contributed by atoms with Crippen molar-refractivity contribution < 1.29 is 14.0 Å². The lowest BCUT2D eigenvalue weighted by Crippen LogP contribution is -2.33. The van der Waals surface area contributed by atoms with Crippen LogP contribution in [-0.4, -0.2) is 17.9 Å². The van der Waals surface area contributed by atoms with Gasteiger partial charge in [-0.3, -0.25) is 9.59 Å². The van der Waals surface area contributed by atoms with Crippen LogP contribution in [0.25, 0.3) is 0 Å². The minimum atomic E-state index is -0.337. The van der Waals surface area contributed by atoms with E-state index in [-0.39, 0.29) is 23.6 Å². The predicted octanol–water partition coefficient (Wildman–Crippen LogP) is 3.76. The van der Waals surface area contributed by atoms with Crippen molar-refractivity contribution in [1.29, 1.82) is 0 Å². The van der Waals surface area contributed by atoms with Gasteiger partial charge in [-0.05, 0) is 49.6 Å². The van der Waals surface area contributed by atoms with Crippen LogP contribution in [0.5, 0.6) is 0 Å². The molecule has 0 radical (unpaired) electrons. The molecule has 0 aliphatic rings. The minimum Gasteiger partial charge on any atom is -0.459 e. The highest BCUT2D eigenvalue weighted by molar-refractivity contribution is 6.03. The maximum absolute atomic E-state index is 12.3. The van der Waals surface area contributed by atoms with Gasteiger partial charge in [0.15, 0.2) is 5.76 Å². The first kappa shape index (κ1) is 16.8. The molecule has 1 heterocycles. The fraction of sp³-hybridized carbons (Fsp3) is 0.333. The zero-order valence-electron chi connectivity index (χ0n) is 13.7. The van der Waals surface area contributed by atoms with Crippen molar-refractivity contribution in [2.75, 3.05) is 5.32 Å². The van der Waals surface area contributed by atoms with Crippen LogP contribution in [-0.2, 0) is 0 Å². The number of hydrogen-bond acceptors (Lipinski definition) is 3. The first-order valence-electron chi connectivity index (χ1n) is 7.81. The SMILES string of the molecule is CCC(CC)NC(=O)c1ccc(C)c(NC(=O)c2ccco2)c1. The minimum absolute atomic E-state index is 0.132. The zero-order valence-corrected chi connectivity index (χ0v) is 13.7. The second-order valence-electron chi connectivity index (χ2n) is 5.45. The van der Waals surface area contributed by atoms with Crippen LogP contribution >= 0.6 is 0 Å². The highest BCUT2D eigenvalue weighted by Crippen LogP contribution is 2.18. The van der Waals surface area contributed by atoms with E-state index >= 15 is 0 Å². The summed E-state index contributed by atoms with van der Waals surface area (Å²) in [5.74, 6) is -0.237. The van der Waals surface area contributed by atoms with E-state index in [1.54, 1.807) is 24.3 Å². The van der Waals surface area contributed by atoms with Crippen molar-refractivity contribution in [2.45, 2.75) is 39.7 Å². The van der Waals surface area contributed by atoms with E-state index in [9.17, 15) is 9.59 Å². The molecule has 0 saturated heterocycles. The number of benzene rings is 1. The number of furan rings is 1. The summed E-state index contributed by atoms with van der Waals surface area (Å²) in [6.07, 6.45) is 3.22. The summed E-state index contributed by atoms with van der Waals surface area (Å²) < 4.78 is 5.08. The van der Waals surface area contributed by atoms with Gasteiger partial charge in [0.2, 0.25) is 0 Å². The van der Waals surface area contributed by atoms with Gasteiger partial charge in [-0.25, -0.2) is 0 Å². The van der Waals surface area contributed by atoms with Gasteiger partial charge in [0, 0.05) is 17.3 Å². The molecule has 0 bridgehead atoms. The maximum Gasteiger partial charge on any atom is 0.291 e.